The molecule has 0 spiro atoms. The minimum atomic E-state index is -4.09. The third-order valence-corrected chi connectivity index (χ3v) is 6.99. The summed E-state index contributed by atoms with van der Waals surface area (Å²) in [5.41, 5.74) is 0. The molecule has 2 atom stereocenters. The Bertz CT molecular complexity index is 728. The zero-order chi connectivity index (χ0) is 15.8. The number of piperidine rings is 1. The summed E-state index contributed by atoms with van der Waals surface area (Å²) in [6, 6.07) is 5.31. The molecule has 0 aliphatic carbocycles. The van der Waals surface area contributed by atoms with E-state index in [4.69, 9.17) is 5.14 Å². The molecule has 2 unspecified atom stereocenters. The number of rotatable bonds is 3. The fourth-order valence-corrected chi connectivity index (χ4v) is 5.78. The Labute approximate surface area is 126 Å². The van der Waals surface area contributed by atoms with E-state index in [-0.39, 0.29) is 15.8 Å². The van der Waals surface area contributed by atoms with Crippen LogP contribution in [-0.4, -0.2) is 33.7 Å². The Morgan fingerprint density at radius 2 is 1.67 bits per heavy atom. The van der Waals surface area contributed by atoms with E-state index in [1.165, 1.54) is 28.6 Å². The van der Waals surface area contributed by atoms with Crippen molar-refractivity contribution in [1.82, 2.24) is 4.31 Å². The molecule has 0 aromatic heterocycles. The van der Waals surface area contributed by atoms with Gasteiger partial charge in [-0.15, -0.1) is 0 Å². The maximum Gasteiger partial charge on any atom is 0.244 e. The van der Waals surface area contributed by atoms with Gasteiger partial charge in [0.05, 0.1) is 0 Å². The van der Waals surface area contributed by atoms with Crippen LogP contribution in [0.2, 0.25) is 0 Å². The Hall–Kier alpha value is -0.960. The molecule has 1 aliphatic rings. The molecular formula is C13H20N2O4S2. The van der Waals surface area contributed by atoms with Crippen molar-refractivity contribution in [3.05, 3.63) is 24.3 Å². The van der Waals surface area contributed by atoms with Crippen molar-refractivity contribution in [3.63, 3.8) is 0 Å². The van der Waals surface area contributed by atoms with Crippen molar-refractivity contribution >= 4 is 20.0 Å². The lowest BCUT2D eigenvalue weighted by Crippen LogP contribution is -2.44. The molecule has 0 radical (unpaired) electrons. The number of hydrogen-bond acceptors (Lipinski definition) is 4. The third-order valence-electron chi connectivity index (χ3n) is 3.82. The van der Waals surface area contributed by atoms with Crippen LogP contribution in [0.15, 0.2) is 34.1 Å². The maximum absolute atomic E-state index is 12.8. The minimum absolute atomic E-state index is 0.160. The van der Waals surface area contributed by atoms with E-state index in [9.17, 15) is 16.8 Å². The van der Waals surface area contributed by atoms with Gasteiger partial charge in [0.1, 0.15) is 9.79 Å². The number of benzene rings is 1. The Morgan fingerprint density at radius 3 is 2.19 bits per heavy atom. The van der Waals surface area contributed by atoms with Crippen LogP contribution in [0.5, 0.6) is 0 Å². The topological polar surface area (TPSA) is 97.5 Å². The fraction of sp³-hybridized carbons (Fsp3) is 0.538. The minimum Gasteiger partial charge on any atom is -0.225 e. The summed E-state index contributed by atoms with van der Waals surface area (Å²) >= 11 is 0. The molecule has 1 aliphatic heterocycles. The molecule has 2 rings (SSSR count). The first-order valence-electron chi connectivity index (χ1n) is 6.77. The van der Waals surface area contributed by atoms with Crippen LogP contribution in [0.3, 0.4) is 0 Å². The SMILES string of the molecule is CC1CCN(S(=O)(=O)c2ccccc2S(N)(=O)=O)C(C)C1. The highest BCUT2D eigenvalue weighted by Crippen LogP contribution is 2.30. The van der Waals surface area contributed by atoms with Crippen LogP contribution >= 0.6 is 0 Å². The molecule has 1 aromatic carbocycles. The van der Waals surface area contributed by atoms with Gasteiger partial charge < -0.3 is 0 Å². The van der Waals surface area contributed by atoms with Crippen LogP contribution in [0.25, 0.3) is 0 Å². The molecule has 0 bridgehead atoms. The second kappa shape index (κ2) is 5.68. The predicted molar refractivity (Wildman–Crippen MR) is 79.6 cm³/mol. The van der Waals surface area contributed by atoms with Crippen LogP contribution in [0.4, 0.5) is 0 Å². The lowest BCUT2D eigenvalue weighted by atomic mass is 9.95. The van der Waals surface area contributed by atoms with E-state index in [1.807, 2.05) is 6.92 Å². The second-order valence-corrected chi connectivity index (χ2v) is 8.97. The maximum atomic E-state index is 12.8. The number of hydrogen-bond donors (Lipinski definition) is 1. The van der Waals surface area contributed by atoms with E-state index in [2.05, 4.69) is 6.92 Å². The Balaban J connectivity index is 2.51. The Morgan fingerprint density at radius 1 is 1.10 bits per heavy atom. The smallest absolute Gasteiger partial charge is 0.225 e. The zero-order valence-corrected chi connectivity index (χ0v) is 13.7. The van der Waals surface area contributed by atoms with Crippen LogP contribution in [0.1, 0.15) is 26.7 Å². The molecule has 8 heteroatoms. The van der Waals surface area contributed by atoms with Crippen LogP contribution < -0.4 is 5.14 Å². The molecule has 21 heavy (non-hydrogen) atoms. The van der Waals surface area contributed by atoms with Crippen molar-refractivity contribution in [1.29, 1.82) is 0 Å². The van der Waals surface area contributed by atoms with E-state index in [0.29, 0.717) is 12.5 Å². The summed E-state index contributed by atoms with van der Waals surface area (Å²) in [4.78, 5) is -0.593. The molecule has 1 aromatic rings. The van der Waals surface area contributed by atoms with Crippen molar-refractivity contribution in [2.75, 3.05) is 6.54 Å². The average molecular weight is 332 g/mol. The highest BCUT2D eigenvalue weighted by atomic mass is 32.2. The highest BCUT2D eigenvalue weighted by Gasteiger charge is 2.35. The standard InChI is InChI=1S/C13H20N2O4S2/c1-10-7-8-15(11(2)9-10)21(18,19)13-6-4-3-5-12(13)20(14,16)17/h3-6,10-11H,7-9H2,1-2H3,(H2,14,16,17). The molecule has 0 amide bonds. The Kier molecular flexibility index (Phi) is 4.44. The van der Waals surface area contributed by atoms with Gasteiger partial charge in [0.25, 0.3) is 0 Å². The van der Waals surface area contributed by atoms with Gasteiger partial charge in [-0.25, -0.2) is 22.0 Å². The molecule has 1 fully saturated rings. The van der Waals surface area contributed by atoms with E-state index < -0.39 is 20.0 Å². The van der Waals surface area contributed by atoms with Crippen molar-refractivity contribution < 1.29 is 16.8 Å². The molecule has 2 N–H and O–H groups in total. The van der Waals surface area contributed by atoms with Crippen LogP contribution in [0, 0.1) is 5.92 Å². The largest absolute Gasteiger partial charge is 0.244 e. The monoisotopic (exact) mass is 332 g/mol. The van der Waals surface area contributed by atoms with Gasteiger partial charge in [0.15, 0.2) is 0 Å². The average Bonchev–Trinajstić information content (AvgIpc) is 2.37. The van der Waals surface area contributed by atoms with Gasteiger partial charge in [0, 0.05) is 12.6 Å². The van der Waals surface area contributed by atoms with Gasteiger partial charge >= 0.3 is 0 Å². The summed E-state index contributed by atoms with van der Waals surface area (Å²) in [5, 5.41) is 5.13. The summed E-state index contributed by atoms with van der Waals surface area (Å²) in [7, 11) is -7.96. The van der Waals surface area contributed by atoms with Crippen molar-refractivity contribution in [2.45, 2.75) is 42.5 Å². The third kappa shape index (κ3) is 3.28. The first-order valence-corrected chi connectivity index (χ1v) is 9.76. The summed E-state index contributed by atoms with van der Waals surface area (Å²) in [5.74, 6) is 0.458. The van der Waals surface area contributed by atoms with Crippen LogP contribution in [-0.2, 0) is 20.0 Å². The molecule has 1 heterocycles. The highest BCUT2D eigenvalue weighted by molar-refractivity contribution is 7.92. The number of nitrogens with two attached hydrogens (primary N) is 1. The van der Waals surface area contributed by atoms with Gasteiger partial charge in [0.2, 0.25) is 20.0 Å². The van der Waals surface area contributed by atoms with E-state index >= 15 is 0 Å². The van der Waals surface area contributed by atoms with Gasteiger partial charge in [-0.05, 0) is 37.8 Å². The lowest BCUT2D eigenvalue weighted by molar-refractivity contribution is 0.220. The molecule has 1 saturated heterocycles. The zero-order valence-electron chi connectivity index (χ0n) is 12.1. The number of nitrogens with zero attached hydrogens (tertiary/aromatic N) is 1. The molecular weight excluding hydrogens is 312 g/mol. The normalized spacial score (nSPS) is 24.9. The van der Waals surface area contributed by atoms with Crippen molar-refractivity contribution in [3.8, 4) is 0 Å². The fourth-order valence-electron chi connectivity index (χ4n) is 2.77. The van der Waals surface area contributed by atoms with Gasteiger partial charge in [-0.2, -0.15) is 4.31 Å². The number of sulfonamides is 2. The van der Waals surface area contributed by atoms with E-state index in [1.54, 1.807) is 0 Å². The predicted octanol–water partition coefficient (Wildman–Crippen LogP) is 1.14. The first kappa shape index (κ1) is 16.4. The number of primary sulfonamides is 1. The van der Waals surface area contributed by atoms with Gasteiger partial charge in [-0.1, -0.05) is 19.1 Å². The molecule has 0 saturated carbocycles. The van der Waals surface area contributed by atoms with Gasteiger partial charge in [-0.3, -0.25) is 0 Å². The van der Waals surface area contributed by atoms with E-state index in [0.717, 1.165) is 12.8 Å². The quantitative estimate of drug-likeness (QED) is 0.897. The summed E-state index contributed by atoms with van der Waals surface area (Å²) < 4.78 is 50.2. The second-order valence-electron chi connectivity index (χ2n) is 5.59. The molecule has 6 nitrogen and oxygen atoms in total. The summed E-state index contributed by atoms with van der Waals surface area (Å²) in [6.45, 7) is 4.31. The molecule has 118 valence electrons. The lowest BCUT2D eigenvalue weighted by Gasteiger charge is -2.35. The summed E-state index contributed by atoms with van der Waals surface area (Å²) in [6.07, 6.45) is 1.53. The van der Waals surface area contributed by atoms with Crippen molar-refractivity contribution in [2.24, 2.45) is 11.1 Å². The first-order chi connectivity index (χ1) is 9.64.